The quantitative estimate of drug-likeness (QED) is 0.710. The van der Waals surface area contributed by atoms with Crippen LogP contribution in [0.25, 0.3) is 0 Å². The van der Waals surface area contributed by atoms with E-state index < -0.39 is 5.82 Å². The van der Waals surface area contributed by atoms with Gasteiger partial charge in [-0.3, -0.25) is 0 Å². The SMILES string of the molecule is Cc1ccc2c(c1C)NCc1cc(F)c(Cl)nc1N2. The van der Waals surface area contributed by atoms with E-state index in [1.54, 1.807) is 0 Å². The predicted molar refractivity (Wildman–Crippen MR) is 75.7 cm³/mol. The maximum Gasteiger partial charge on any atom is 0.167 e. The monoisotopic (exact) mass is 277 g/mol. The summed E-state index contributed by atoms with van der Waals surface area (Å²) in [5.41, 5.74) is 5.09. The maximum atomic E-state index is 13.5. The Balaban J connectivity index is 2.12. The van der Waals surface area contributed by atoms with Crippen LogP contribution in [-0.4, -0.2) is 4.98 Å². The molecule has 0 bridgehead atoms. The van der Waals surface area contributed by atoms with Crippen molar-refractivity contribution >= 4 is 28.8 Å². The third-order valence-corrected chi connectivity index (χ3v) is 3.72. The van der Waals surface area contributed by atoms with Gasteiger partial charge in [-0.1, -0.05) is 17.7 Å². The molecule has 0 saturated heterocycles. The van der Waals surface area contributed by atoms with Crippen LogP contribution in [0.5, 0.6) is 0 Å². The Labute approximate surface area is 115 Å². The molecular formula is C14H13ClFN3. The smallest absolute Gasteiger partial charge is 0.167 e. The molecule has 5 heteroatoms. The fraction of sp³-hybridized carbons (Fsp3) is 0.214. The van der Waals surface area contributed by atoms with E-state index in [4.69, 9.17) is 11.6 Å². The Bertz CT molecular complexity index is 670. The van der Waals surface area contributed by atoms with Crippen molar-refractivity contribution < 1.29 is 4.39 Å². The number of rotatable bonds is 0. The highest BCUT2D eigenvalue weighted by Gasteiger charge is 2.17. The molecule has 19 heavy (non-hydrogen) atoms. The number of nitrogens with zero attached hydrogens (tertiary/aromatic N) is 1. The average molecular weight is 278 g/mol. The molecule has 1 aliphatic rings. The number of nitrogens with one attached hydrogen (secondary N) is 2. The normalized spacial score (nSPS) is 12.8. The molecule has 0 radical (unpaired) electrons. The lowest BCUT2D eigenvalue weighted by atomic mass is 10.1. The Hall–Kier alpha value is -1.81. The zero-order valence-electron chi connectivity index (χ0n) is 10.6. The minimum atomic E-state index is -0.497. The van der Waals surface area contributed by atoms with E-state index >= 15 is 0 Å². The Morgan fingerprint density at radius 2 is 2.11 bits per heavy atom. The summed E-state index contributed by atoms with van der Waals surface area (Å²) in [6.45, 7) is 4.63. The molecule has 2 aromatic rings. The van der Waals surface area contributed by atoms with Gasteiger partial charge in [0.15, 0.2) is 11.0 Å². The first-order chi connectivity index (χ1) is 9.06. The van der Waals surface area contributed by atoms with Gasteiger partial charge in [0.2, 0.25) is 0 Å². The van der Waals surface area contributed by atoms with E-state index in [2.05, 4.69) is 29.5 Å². The lowest BCUT2D eigenvalue weighted by molar-refractivity contribution is 0.620. The van der Waals surface area contributed by atoms with E-state index in [9.17, 15) is 4.39 Å². The fourth-order valence-electron chi connectivity index (χ4n) is 2.21. The number of benzene rings is 1. The highest BCUT2D eigenvalue weighted by Crippen LogP contribution is 2.35. The number of anilines is 3. The second kappa shape index (κ2) is 4.38. The van der Waals surface area contributed by atoms with Crippen LogP contribution in [0.3, 0.4) is 0 Å². The Kier molecular flexibility index (Phi) is 2.82. The first-order valence-corrected chi connectivity index (χ1v) is 6.40. The van der Waals surface area contributed by atoms with Gasteiger partial charge in [-0.15, -0.1) is 0 Å². The van der Waals surface area contributed by atoms with E-state index in [1.807, 2.05) is 12.1 Å². The predicted octanol–water partition coefficient (Wildman–Crippen LogP) is 4.16. The molecule has 0 saturated carbocycles. The van der Waals surface area contributed by atoms with Gasteiger partial charge in [-0.2, -0.15) is 0 Å². The molecule has 2 N–H and O–H groups in total. The van der Waals surface area contributed by atoms with Gasteiger partial charge in [0.25, 0.3) is 0 Å². The molecule has 1 aromatic carbocycles. The Morgan fingerprint density at radius 1 is 1.32 bits per heavy atom. The highest BCUT2D eigenvalue weighted by atomic mass is 35.5. The number of aryl methyl sites for hydroxylation is 1. The number of fused-ring (bicyclic) bond motifs is 2. The number of aromatic nitrogens is 1. The summed E-state index contributed by atoms with van der Waals surface area (Å²) in [7, 11) is 0. The van der Waals surface area contributed by atoms with Gasteiger partial charge in [0.05, 0.1) is 11.4 Å². The highest BCUT2D eigenvalue weighted by molar-refractivity contribution is 6.29. The number of hydrogen-bond donors (Lipinski definition) is 2. The molecule has 1 aliphatic heterocycles. The van der Waals surface area contributed by atoms with Crippen molar-refractivity contribution in [3.63, 3.8) is 0 Å². The summed E-state index contributed by atoms with van der Waals surface area (Å²) in [5.74, 6) is 0.101. The van der Waals surface area contributed by atoms with Crippen LogP contribution < -0.4 is 10.6 Å². The third-order valence-electron chi connectivity index (χ3n) is 3.46. The standard InChI is InChI=1S/C14H13ClFN3/c1-7-3-4-11-12(8(7)2)17-6-9-5-10(16)13(15)19-14(9)18-11/h3-5,17H,6H2,1-2H3,(H,18,19). The first kappa shape index (κ1) is 12.2. The second-order valence-electron chi connectivity index (χ2n) is 4.68. The van der Waals surface area contributed by atoms with E-state index in [1.165, 1.54) is 17.2 Å². The van der Waals surface area contributed by atoms with Crippen molar-refractivity contribution in [2.75, 3.05) is 10.6 Å². The molecule has 0 aliphatic carbocycles. The maximum absolute atomic E-state index is 13.5. The zero-order valence-corrected chi connectivity index (χ0v) is 11.4. The van der Waals surface area contributed by atoms with Crippen LogP contribution in [0.1, 0.15) is 16.7 Å². The summed E-state index contributed by atoms with van der Waals surface area (Å²) in [4.78, 5) is 4.06. The molecule has 3 rings (SSSR count). The minimum Gasteiger partial charge on any atom is -0.379 e. The van der Waals surface area contributed by atoms with Crippen molar-refractivity contribution in [3.8, 4) is 0 Å². The molecule has 0 fully saturated rings. The van der Waals surface area contributed by atoms with Crippen molar-refractivity contribution in [1.82, 2.24) is 4.98 Å². The molecule has 98 valence electrons. The largest absolute Gasteiger partial charge is 0.379 e. The van der Waals surface area contributed by atoms with Crippen LogP contribution in [-0.2, 0) is 6.54 Å². The van der Waals surface area contributed by atoms with Crippen molar-refractivity contribution in [3.05, 3.63) is 45.9 Å². The van der Waals surface area contributed by atoms with Crippen LogP contribution in [0.4, 0.5) is 21.6 Å². The number of hydrogen-bond acceptors (Lipinski definition) is 3. The van der Waals surface area contributed by atoms with E-state index in [-0.39, 0.29) is 5.15 Å². The lowest BCUT2D eigenvalue weighted by Gasteiger charge is -2.13. The van der Waals surface area contributed by atoms with Gasteiger partial charge in [-0.05, 0) is 37.1 Å². The summed E-state index contributed by atoms with van der Waals surface area (Å²) >= 11 is 5.74. The summed E-state index contributed by atoms with van der Waals surface area (Å²) in [6.07, 6.45) is 0. The fourth-order valence-corrected chi connectivity index (χ4v) is 2.35. The third kappa shape index (κ3) is 2.02. The van der Waals surface area contributed by atoms with Crippen LogP contribution in [0.2, 0.25) is 5.15 Å². The molecule has 0 unspecified atom stereocenters. The number of halogens is 2. The van der Waals surface area contributed by atoms with Crippen LogP contribution in [0.15, 0.2) is 18.2 Å². The van der Waals surface area contributed by atoms with Crippen LogP contribution >= 0.6 is 11.6 Å². The van der Waals surface area contributed by atoms with Crippen molar-refractivity contribution in [2.24, 2.45) is 0 Å². The summed E-state index contributed by atoms with van der Waals surface area (Å²) < 4.78 is 13.5. The summed E-state index contributed by atoms with van der Waals surface area (Å²) in [6, 6.07) is 5.44. The molecule has 0 atom stereocenters. The molecule has 0 spiro atoms. The van der Waals surface area contributed by atoms with E-state index in [0.717, 1.165) is 16.9 Å². The topological polar surface area (TPSA) is 37.0 Å². The minimum absolute atomic E-state index is 0.112. The zero-order chi connectivity index (χ0) is 13.6. The second-order valence-corrected chi connectivity index (χ2v) is 5.04. The number of pyridine rings is 1. The van der Waals surface area contributed by atoms with Gasteiger partial charge in [0, 0.05) is 12.1 Å². The van der Waals surface area contributed by atoms with Gasteiger partial charge in [-0.25, -0.2) is 9.37 Å². The van der Waals surface area contributed by atoms with Crippen molar-refractivity contribution in [2.45, 2.75) is 20.4 Å². The molecular weight excluding hydrogens is 265 g/mol. The van der Waals surface area contributed by atoms with Crippen molar-refractivity contribution in [1.29, 1.82) is 0 Å². The van der Waals surface area contributed by atoms with E-state index in [0.29, 0.717) is 12.4 Å². The van der Waals surface area contributed by atoms with Gasteiger partial charge in [0.1, 0.15) is 5.82 Å². The molecule has 1 aromatic heterocycles. The molecule has 3 nitrogen and oxygen atoms in total. The van der Waals surface area contributed by atoms with Gasteiger partial charge < -0.3 is 10.6 Å². The summed E-state index contributed by atoms with van der Waals surface area (Å²) in [5, 5.41) is 6.43. The van der Waals surface area contributed by atoms with Gasteiger partial charge >= 0.3 is 0 Å². The first-order valence-electron chi connectivity index (χ1n) is 6.02. The molecule has 2 heterocycles. The van der Waals surface area contributed by atoms with Crippen LogP contribution in [0, 0.1) is 19.7 Å². The average Bonchev–Trinajstić information content (AvgIpc) is 2.55. The Morgan fingerprint density at radius 3 is 2.89 bits per heavy atom. The lowest BCUT2D eigenvalue weighted by Crippen LogP contribution is -2.01. The molecule has 0 amide bonds.